The first-order valence-corrected chi connectivity index (χ1v) is 8.57. The van der Waals surface area contributed by atoms with Crippen molar-refractivity contribution in [2.75, 3.05) is 19.0 Å². The molecule has 0 spiro atoms. The van der Waals surface area contributed by atoms with Crippen molar-refractivity contribution in [2.24, 2.45) is 5.92 Å². The van der Waals surface area contributed by atoms with Gasteiger partial charge in [-0.3, -0.25) is 4.79 Å². The molecule has 0 amide bonds. The Kier molecular flexibility index (Phi) is 6.60. The van der Waals surface area contributed by atoms with Crippen LogP contribution in [0.15, 0.2) is 16.0 Å². The van der Waals surface area contributed by atoms with E-state index in [-0.39, 0.29) is 5.56 Å². The van der Waals surface area contributed by atoms with Crippen LogP contribution < -0.4 is 5.56 Å². The van der Waals surface area contributed by atoms with Crippen LogP contribution in [-0.2, 0) is 11.2 Å². The van der Waals surface area contributed by atoms with Crippen LogP contribution in [0.5, 0.6) is 0 Å². The quantitative estimate of drug-likeness (QED) is 0.477. The first-order valence-electron chi connectivity index (χ1n) is 7.58. The van der Waals surface area contributed by atoms with Crippen LogP contribution in [-0.4, -0.2) is 28.9 Å². The summed E-state index contributed by atoms with van der Waals surface area (Å²) in [4.78, 5) is 18.7. The van der Waals surface area contributed by atoms with Gasteiger partial charge in [0, 0.05) is 30.7 Å². The number of ether oxygens (including phenoxy) is 1. The van der Waals surface area contributed by atoms with Crippen molar-refractivity contribution in [1.29, 1.82) is 0 Å². The van der Waals surface area contributed by atoms with Crippen LogP contribution in [0.1, 0.15) is 44.7 Å². The minimum atomic E-state index is -0.0402. The zero-order valence-electron chi connectivity index (χ0n) is 12.2. The van der Waals surface area contributed by atoms with Gasteiger partial charge in [-0.2, -0.15) is 0 Å². The Labute approximate surface area is 124 Å². The summed E-state index contributed by atoms with van der Waals surface area (Å²) in [5, 5.41) is 0.764. The lowest BCUT2D eigenvalue weighted by Gasteiger charge is -2.21. The van der Waals surface area contributed by atoms with Crippen molar-refractivity contribution < 1.29 is 4.74 Å². The Morgan fingerprint density at radius 3 is 2.95 bits per heavy atom. The first-order chi connectivity index (χ1) is 9.78. The summed E-state index contributed by atoms with van der Waals surface area (Å²) in [6, 6.07) is 1.58. The lowest BCUT2D eigenvalue weighted by atomic mass is 9.94. The number of H-pyrrole nitrogens is 1. The second-order valence-electron chi connectivity index (χ2n) is 5.30. The van der Waals surface area contributed by atoms with Gasteiger partial charge in [0.15, 0.2) is 5.16 Å². The highest BCUT2D eigenvalue weighted by atomic mass is 32.2. The van der Waals surface area contributed by atoms with Gasteiger partial charge in [-0.1, -0.05) is 31.5 Å². The van der Waals surface area contributed by atoms with Gasteiger partial charge in [-0.15, -0.1) is 0 Å². The number of aromatic nitrogens is 2. The van der Waals surface area contributed by atoms with Crippen LogP contribution in [0.2, 0.25) is 0 Å². The maximum Gasteiger partial charge on any atom is 0.251 e. The number of hydrogen-bond acceptors (Lipinski definition) is 4. The van der Waals surface area contributed by atoms with Gasteiger partial charge in [-0.25, -0.2) is 4.98 Å². The van der Waals surface area contributed by atoms with E-state index >= 15 is 0 Å². The molecule has 20 heavy (non-hydrogen) atoms. The Bertz CT molecular complexity index is 455. The van der Waals surface area contributed by atoms with Crippen molar-refractivity contribution in [3.05, 3.63) is 22.1 Å². The summed E-state index contributed by atoms with van der Waals surface area (Å²) in [6.45, 7) is 3.90. The maximum atomic E-state index is 11.4. The molecule has 0 radical (unpaired) electrons. The van der Waals surface area contributed by atoms with E-state index in [2.05, 4.69) is 9.97 Å². The molecule has 0 unspecified atom stereocenters. The third-order valence-electron chi connectivity index (χ3n) is 3.72. The van der Waals surface area contributed by atoms with E-state index in [9.17, 15) is 4.79 Å². The molecule has 1 aromatic heterocycles. The molecule has 0 aliphatic carbocycles. The topological polar surface area (TPSA) is 55.0 Å². The molecule has 1 N–H and O–H groups in total. The van der Waals surface area contributed by atoms with Crippen LogP contribution in [0, 0.1) is 5.92 Å². The van der Waals surface area contributed by atoms with Gasteiger partial charge in [-0.05, 0) is 31.6 Å². The summed E-state index contributed by atoms with van der Waals surface area (Å²) in [5.74, 6) is 1.88. The van der Waals surface area contributed by atoms with Crippen LogP contribution >= 0.6 is 11.8 Å². The molecule has 1 aromatic rings. The second-order valence-corrected chi connectivity index (χ2v) is 6.38. The molecule has 0 aromatic carbocycles. The third kappa shape index (κ3) is 5.29. The predicted molar refractivity (Wildman–Crippen MR) is 82.4 cm³/mol. The van der Waals surface area contributed by atoms with Gasteiger partial charge in [0.05, 0.1) is 0 Å². The molecule has 0 saturated carbocycles. The molecule has 1 aliphatic heterocycles. The maximum absolute atomic E-state index is 11.4. The zero-order valence-corrected chi connectivity index (χ0v) is 13.0. The fourth-order valence-corrected chi connectivity index (χ4v) is 3.37. The van der Waals surface area contributed by atoms with Crippen molar-refractivity contribution in [3.8, 4) is 0 Å². The predicted octanol–water partition coefficient (Wildman–Crippen LogP) is 3.02. The minimum Gasteiger partial charge on any atom is -0.381 e. The number of thioether (sulfide) groups is 1. The van der Waals surface area contributed by atoms with E-state index in [4.69, 9.17) is 4.74 Å². The highest BCUT2D eigenvalue weighted by Gasteiger charge is 2.12. The van der Waals surface area contributed by atoms with Crippen molar-refractivity contribution >= 4 is 11.8 Å². The molecule has 0 atom stereocenters. The van der Waals surface area contributed by atoms with E-state index in [1.54, 1.807) is 17.8 Å². The van der Waals surface area contributed by atoms with Gasteiger partial charge in [0.25, 0.3) is 5.56 Å². The third-order valence-corrected chi connectivity index (χ3v) is 4.68. The monoisotopic (exact) mass is 296 g/mol. The summed E-state index contributed by atoms with van der Waals surface area (Å²) in [5.41, 5.74) is 0.833. The number of nitrogens with zero attached hydrogens (tertiary/aromatic N) is 1. The van der Waals surface area contributed by atoms with Gasteiger partial charge < -0.3 is 9.72 Å². The minimum absolute atomic E-state index is 0.0402. The first kappa shape index (κ1) is 15.6. The van der Waals surface area contributed by atoms with Crippen molar-refractivity contribution in [2.45, 2.75) is 50.6 Å². The van der Waals surface area contributed by atoms with Crippen LogP contribution in [0.4, 0.5) is 0 Å². The smallest absolute Gasteiger partial charge is 0.251 e. The molecule has 112 valence electrons. The molecule has 2 heterocycles. The average molecular weight is 296 g/mol. The van der Waals surface area contributed by atoms with E-state index in [1.165, 1.54) is 32.1 Å². The van der Waals surface area contributed by atoms with E-state index in [0.29, 0.717) is 0 Å². The summed E-state index contributed by atoms with van der Waals surface area (Å²) >= 11 is 1.66. The average Bonchev–Trinajstić information content (AvgIpc) is 2.47. The number of nitrogens with one attached hydrogen (secondary N) is 1. The Hall–Kier alpha value is -0.810. The van der Waals surface area contributed by atoms with Crippen LogP contribution in [0.25, 0.3) is 0 Å². The highest BCUT2D eigenvalue weighted by molar-refractivity contribution is 7.99. The molecular weight excluding hydrogens is 272 g/mol. The Morgan fingerprint density at radius 2 is 2.20 bits per heavy atom. The lowest BCUT2D eigenvalue weighted by molar-refractivity contribution is 0.0633. The van der Waals surface area contributed by atoms with Crippen molar-refractivity contribution in [1.82, 2.24) is 9.97 Å². The van der Waals surface area contributed by atoms with Crippen LogP contribution in [0.3, 0.4) is 0 Å². The Balaban J connectivity index is 1.65. The fraction of sp³-hybridized carbons (Fsp3) is 0.733. The van der Waals surface area contributed by atoms with Gasteiger partial charge in [0.1, 0.15) is 0 Å². The normalized spacial score (nSPS) is 16.4. The molecule has 2 rings (SSSR count). The van der Waals surface area contributed by atoms with E-state index in [1.807, 2.05) is 6.92 Å². The molecule has 1 saturated heterocycles. The van der Waals surface area contributed by atoms with E-state index in [0.717, 1.165) is 42.2 Å². The second kappa shape index (κ2) is 8.47. The van der Waals surface area contributed by atoms with E-state index < -0.39 is 0 Å². The molecule has 0 bridgehead atoms. The Morgan fingerprint density at radius 1 is 1.40 bits per heavy atom. The fourth-order valence-electron chi connectivity index (χ4n) is 2.47. The highest BCUT2D eigenvalue weighted by Crippen LogP contribution is 2.22. The zero-order chi connectivity index (χ0) is 14.2. The summed E-state index contributed by atoms with van der Waals surface area (Å²) < 4.78 is 5.37. The number of aryl methyl sites for hydroxylation is 1. The SMILES string of the molecule is CCc1cc(=O)[nH]c(SCCCCC2CCOCC2)n1. The summed E-state index contributed by atoms with van der Waals surface area (Å²) in [7, 11) is 0. The molecule has 1 aliphatic rings. The van der Waals surface area contributed by atoms with Gasteiger partial charge in [0.2, 0.25) is 0 Å². The molecular formula is C15H24N2O2S. The standard InChI is InChI=1S/C15H24N2O2S/c1-2-13-11-14(18)17-15(16-13)20-10-4-3-5-12-6-8-19-9-7-12/h11-12H,2-10H2,1H3,(H,16,17,18). The van der Waals surface area contributed by atoms with Crippen molar-refractivity contribution in [3.63, 3.8) is 0 Å². The molecule has 5 heteroatoms. The number of rotatable bonds is 7. The molecule has 1 fully saturated rings. The summed E-state index contributed by atoms with van der Waals surface area (Å²) in [6.07, 6.45) is 7.00. The molecule has 4 nitrogen and oxygen atoms in total. The lowest BCUT2D eigenvalue weighted by Crippen LogP contribution is -2.15. The van der Waals surface area contributed by atoms with Gasteiger partial charge >= 0.3 is 0 Å². The largest absolute Gasteiger partial charge is 0.381 e. The number of unbranched alkanes of at least 4 members (excludes halogenated alkanes) is 1. The number of aromatic amines is 1. The number of hydrogen-bond donors (Lipinski definition) is 1.